The number of allylic oxidation sites excluding steroid dienone is 2. The minimum absolute atomic E-state index is 0.137. The third-order valence-corrected chi connectivity index (χ3v) is 2.87. The van der Waals surface area contributed by atoms with Crippen LogP contribution in [-0.2, 0) is 14.3 Å². The van der Waals surface area contributed by atoms with E-state index in [-0.39, 0.29) is 29.7 Å². The van der Waals surface area contributed by atoms with Crippen LogP contribution in [0.4, 0.5) is 0 Å². The molecule has 1 aliphatic carbocycles. The van der Waals surface area contributed by atoms with E-state index in [0.29, 0.717) is 6.42 Å². The van der Waals surface area contributed by atoms with Crippen LogP contribution in [0.1, 0.15) is 20.3 Å². The minimum atomic E-state index is -0.341. The average molecular weight is 180 g/mol. The van der Waals surface area contributed by atoms with Crippen molar-refractivity contribution in [1.82, 2.24) is 0 Å². The Morgan fingerprint density at radius 1 is 1.38 bits per heavy atom. The Hall–Kier alpha value is -1.12. The summed E-state index contributed by atoms with van der Waals surface area (Å²) in [5, 5.41) is 0. The van der Waals surface area contributed by atoms with Crippen molar-refractivity contribution in [2.75, 3.05) is 0 Å². The summed E-state index contributed by atoms with van der Waals surface area (Å²) in [5.74, 6) is -0.984. The zero-order chi connectivity index (χ0) is 9.59. The lowest BCUT2D eigenvalue weighted by atomic mass is 9.76. The minimum Gasteiger partial charge on any atom is -0.393 e. The molecule has 3 heteroatoms. The van der Waals surface area contributed by atoms with Gasteiger partial charge < -0.3 is 4.74 Å². The maximum atomic E-state index is 11.3. The molecular formula is C10H12O3. The maximum Gasteiger partial charge on any atom is 0.318 e. The van der Waals surface area contributed by atoms with Crippen molar-refractivity contribution in [2.45, 2.75) is 20.3 Å². The average Bonchev–Trinajstić information content (AvgIpc) is 2.27. The quantitative estimate of drug-likeness (QED) is 0.320. The molecule has 0 bridgehead atoms. The van der Waals surface area contributed by atoms with Crippen LogP contribution in [0.25, 0.3) is 0 Å². The summed E-state index contributed by atoms with van der Waals surface area (Å²) in [6.07, 6.45) is 2.74. The second-order valence-electron chi connectivity index (χ2n) is 3.95. The molecule has 1 saturated heterocycles. The van der Waals surface area contributed by atoms with Crippen LogP contribution in [0.5, 0.6) is 0 Å². The van der Waals surface area contributed by atoms with Gasteiger partial charge in [-0.25, -0.2) is 0 Å². The van der Waals surface area contributed by atoms with Crippen molar-refractivity contribution < 1.29 is 14.3 Å². The van der Waals surface area contributed by atoms with Crippen LogP contribution >= 0.6 is 0 Å². The van der Waals surface area contributed by atoms with Crippen molar-refractivity contribution in [1.29, 1.82) is 0 Å². The van der Waals surface area contributed by atoms with E-state index in [9.17, 15) is 9.59 Å². The molecule has 0 unspecified atom stereocenters. The normalized spacial score (nSPS) is 38.3. The summed E-state index contributed by atoms with van der Waals surface area (Å²) in [4.78, 5) is 22.5. The van der Waals surface area contributed by atoms with Gasteiger partial charge in [0.1, 0.15) is 0 Å². The van der Waals surface area contributed by atoms with E-state index >= 15 is 0 Å². The molecule has 3 atom stereocenters. The van der Waals surface area contributed by atoms with Crippen molar-refractivity contribution in [3.8, 4) is 0 Å². The largest absolute Gasteiger partial charge is 0.393 e. The first kappa shape index (κ1) is 8.48. The number of carbonyl (C=O) groups excluding carboxylic acids is 2. The van der Waals surface area contributed by atoms with E-state index in [0.717, 1.165) is 0 Å². The van der Waals surface area contributed by atoms with Gasteiger partial charge in [-0.1, -0.05) is 18.6 Å². The van der Waals surface area contributed by atoms with Crippen molar-refractivity contribution in [3.63, 3.8) is 0 Å². The van der Waals surface area contributed by atoms with Crippen LogP contribution in [0, 0.1) is 17.8 Å². The Morgan fingerprint density at radius 3 is 2.77 bits per heavy atom. The molecule has 13 heavy (non-hydrogen) atoms. The fourth-order valence-electron chi connectivity index (χ4n) is 2.31. The van der Waals surface area contributed by atoms with E-state index in [2.05, 4.69) is 10.8 Å². The first-order valence-corrected chi connectivity index (χ1v) is 4.52. The number of esters is 2. The van der Waals surface area contributed by atoms with E-state index in [4.69, 9.17) is 0 Å². The van der Waals surface area contributed by atoms with Gasteiger partial charge >= 0.3 is 11.9 Å². The highest BCUT2D eigenvalue weighted by molar-refractivity contribution is 5.97. The Kier molecular flexibility index (Phi) is 1.75. The lowest BCUT2D eigenvalue weighted by Gasteiger charge is -2.23. The Labute approximate surface area is 76.8 Å². The van der Waals surface area contributed by atoms with Gasteiger partial charge in [-0.05, 0) is 19.3 Å². The topological polar surface area (TPSA) is 43.4 Å². The highest BCUT2D eigenvalue weighted by Gasteiger charge is 2.48. The first-order valence-electron chi connectivity index (χ1n) is 4.52. The van der Waals surface area contributed by atoms with Gasteiger partial charge in [-0.15, -0.1) is 0 Å². The van der Waals surface area contributed by atoms with Gasteiger partial charge in [0.25, 0.3) is 0 Å². The van der Waals surface area contributed by atoms with Crippen LogP contribution in [0.15, 0.2) is 11.6 Å². The predicted octanol–water partition coefficient (Wildman–Crippen LogP) is 1.29. The Bertz CT molecular complexity index is 303. The van der Waals surface area contributed by atoms with E-state index in [1.165, 1.54) is 5.57 Å². The standard InChI is InChI=1S/C10H12O3/c1-5-3-6(2)8-7(4-5)9(11)13-10(8)12/h3,6-8H,4H2,1-2H3/t6-,7+,8-/m0/s1. The Morgan fingerprint density at radius 2 is 2.08 bits per heavy atom. The second kappa shape index (κ2) is 2.69. The van der Waals surface area contributed by atoms with E-state index in [1.54, 1.807) is 0 Å². The summed E-state index contributed by atoms with van der Waals surface area (Å²) >= 11 is 0. The molecule has 1 fully saturated rings. The molecule has 1 aliphatic heterocycles. The van der Waals surface area contributed by atoms with Gasteiger partial charge in [-0.2, -0.15) is 0 Å². The molecule has 0 spiro atoms. The second-order valence-corrected chi connectivity index (χ2v) is 3.95. The molecule has 3 nitrogen and oxygen atoms in total. The van der Waals surface area contributed by atoms with Crippen molar-refractivity contribution >= 4 is 11.9 Å². The summed E-state index contributed by atoms with van der Waals surface area (Å²) in [6, 6.07) is 0. The summed E-state index contributed by atoms with van der Waals surface area (Å²) < 4.78 is 4.62. The molecule has 1 heterocycles. The third-order valence-electron chi connectivity index (χ3n) is 2.87. The van der Waals surface area contributed by atoms with Crippen LogP contribution in [-0.4, -0.2) is 11.9 Å². The number of fused-ring (bicyclic) bond motifs is 1. The van der Waals surface area contributed by atoms with Crippen molar-refractivity contribution in [2.24, 2.45) is 17.8 Å². The summed E-state index contributed by atoms with van der Waals surface area (Å²) in [6.45, 7) is 3.95. The van der Waals surface area contributed by atoms with Gasteiger partial charge in [0.05, 0.1) is 11.8 Å². The zero-order valence-corrected chi connectivity index (χ0v) is 7.74. The summed E-state index contributed by atoms with van der Waals surface area (Å²) in [5.41, 5.74) is 1.18. The van der Waals surface area contributed by atoms with Crippen molar-refractivity contribution in [3.05, 3.63) is 11.6 Å². The van der Waals surface area contributed by atoms with Gasteiger partial charge in [0.15, 0.2) is 0 Å². The highest BCUT2D eigenvalue weighted by atomic mass is 16.6. The molecule has 2 aliphatic rings. The number of carbonyl (C=O) groups is 2. The first-order chi connectivity index (χ1) is 6.09. The lowest BCUT2D eigenvalue weighted by Crippen LogP contribution is -2.27. The molecule has 0 aromatic heterocycles. The van der Waals surface area contributed by atoms with Gasteiger partial charge in [0, 0.05) is 0 Å². The maximum absolute atomic E-state index is 11.3. The number of rotatable bonds is 0. The molecule has 0 N–H and O–H groups in total. The van der Waals surface area contributed by atoms with E-state index in [1.807, 2.05) is 13.8 Å². The van der Waals surface area contributed by atoms with Crippen LogP contribution < -0.4 is 0 Å². The zero-order valence-electron chi connectivity index (χ0n) is 7.74. The number of hydrogen-bond acceptors (Lipinski definition) is 3. The molecule has 70 valence electrons. The number of ether oxygens (including phenoxy) is 1. The fraction of sp³-hybridized carbons (Fsp3) is 0.600. The molecule has 0 radical (unpaired) electrons. The molecular weight excluding hydrogens is 168 g/mol. The molecule has 0 aromatic rings. The lowest BCUT2D eigenvalue weighted by molar-refractivity contribution is -0.153. The molecule has 0 saturated carbocycles. The monoisotopic (exact) mass is 180 g/mol. The SMILES string of the molecule is CC1=C[C@H](C)[C@@H]2C(=O)OC(=O)[C@@H]2C1. The third kappa shape index (κ3) is 1.19. The van der Waals surface area contributed by atoms with Gasteiger partial charge in [-0.3, -0.25) is 9.59 Å². The predicted molar refractivity (Wildman–Crippen MR) is 45.6 cm³/mol. The number of hydrogen-bond donors (Lipinski definition) is 0. The molecule has 0 amide bonds. The highest BCUT2D eigenvalue weighted by Crippen LogP contribution is 2.39. The summed E-state index contributed by atoms with van der Waals surface area (Å²) in [7, 11) is 0. The smallest absolute Gasteiger partial charge is 0.318 e. The fourth-order valence-corrected chi connectivity index (χ4v) is 2.31. The Balaban J connectivity index is 2.34. The molecule has 2 rings (SSSR count). The van der Waals surface area contributed by atoms with Crippen LogP contribution in [0.3, 0.4) is 0 Å². The van der Waals surface area contributed by atoms with Gasteiger partial charge in [0.2, 0.25) is 0 Å². The molecule has 0 aromatic carbocycles. The van der Waals surface area contributed by atoms with E-state index < -0.39 is 0 Å². The van der Waals surface area contributed by atoms with Crippen LogP contribution in [0.2, 0.25) is 0 Å². The number of cyclic esters (lactones) is 2.